The summed E-state index contributed by atoms with van der Waals surface area (Å²) in [5, 5.41) is 14.5. The monoisotopic (exact) mass is 874 g/mol. The number of furan rings is 2. The van der Waals surface area contributed by atoms with Crippen LogP contribution in [0.1, 0.15) is 5.56 Å². The van der Waals surface area contributed by atoms with Crippen LogP contribution in [0, 0.1) is 6.92 Å². The van der Waals surface area contributed by atoms with E-state index in [-0.39, 0.29) is 0 Å². The number of rotatable bonds is 8. The first kappa shape index (κ1) is 39.5. The van der Waals surface area contributed by atoms with Gasteiger partial charge in [-0.15, -0.1) is 0 Å². The summed E-state index contributed by atoms with van der Waals surface area (Å²) in [6, 6.07) is 65.0. The van der Waals surface area contributed by atoms with Crippen molar-refractivity contribution >= 4 is 137 Å². The molecule has 0 unspecified atom stereocenters. The van der Waals surface area contributed by atoms with Gasteiger partial charge in [0.25, 0.3) is 0 Å². The summed E-state index contributed by atoms with van der Waals surface area (Å²) >= 11 is 0. The summed E-state index contributed by atoms with van der Waals surface area (Å²) in [6.45, 7) is 16.7. The first-order valence-electron chi connectivity index (χ1n) is 22.7. The largest absolute Gasteiger partial charge is 0.454 e. The van der Waals surface area contributed by atoms with E-state index in [1.54, 1.807) is 0 Å². The minimum atomic E-state index is -1.61. The van der Waals surface area contributed by atoms with Crippen molar-refractivity contribution in [2.24, 2.45) is 0 Å². The van der Waals surface area contributed by atoms with Crippen molar-refractivity contribution in [2.45, 2.75) is 46.2 Å². The van der Waals surface area contributed by atoms with Gasteiger partial charge in [0.2, 0.25) is 0 Å². The smallest absolute Gasteiger partial charge is 0.159 e. The molecule has 0 spiro atoms. The highest BCUT2D eigenvalue weighted by atomic mass is 28.3. The molecular formula is C59H50N2O2Si2. The third-order valence-electron chi connectivity index (χ3n) is 13.5. The first-order chi connectivity index (χ1) is 31.4. The van der Waals surface area contributed by atoms with E-state index in [2.05, 4.69) is 232 Å². The molecule has 0 amide bonds. The zero-order valence-corrected chi connectivity index (χ0v) is 40.0. The van der Waals surface area contributed by atoms with Gasteiger partial charge in [0.05, 0.1) is 38.9 Å². The highest BCUT2D eigenvalue weighted by Gasteiger charge is 2.29. The van der Waals surface area contributed by atoms with E-state index in [0.29, 0.717) is 0 Å². The molecule has 0 saturated carbocycles. The molecular weight excluding hydrogens is 825 g/mol. The summed E-state index contributed by atoms with van der Waals surface area (Å²) in [5.41, 5.74) is 11.0. The molecule has 2 aromatic heterocycles. The van der Waals surface area contributed by atoms with Crippen LogP contribution in [0.2, 0.25) is 39.3 Å². The molecule has 0 aliphatic carbocycles. The molecule has 0 saturated heterocycles. The number of benzene rings is 10. The Labute approximate surface area is 381 Å². The van der Waals surface area contributed by atoms with Crippen LogP contribution in [-0.4, -0.2) is 16.1 Å². The van der Waals surface area contributed by atoms with Crippen LogP contribution in [0.5, 0.6) is 0 Å². The number of para-hydroxylation sites is 4. The fourth-order valence-electron chi connectivity index (χ4n) is 10.3. The van der Waals surface area contributed by atoms with Gasteiger partial charge in [-0.05, 0) is 83.2 Å². The van der Waals surface area contributed by atoms with Crippen LogP contribution in [0.15, 0.2) is 185 Å². The van der Waals surface area contributed by atoms with Crippen molar-refractivity contribution in [1.82, 2.24) is 0 Å². The third-order valence-corrected chi connectivity index (χ3v) is 17.7. The lowest BCUT2D eigenvalue weighted by Crippen LogP contribution is -2.37. The molecule has 4 nitrogen and oxygen atoms in total. The van der Waals surface area contributed by atoms with Gasteiger partial charge in [-0.2, -0.15) is 0 Å². The maximum absolute atomic E-state index is 6.90. The number of aryl methyl sites for hydroxylation is 1. The molecule has 65 heavy (non-hydrogen) atoms. The maximum atomic E-state index is 6.90. The predicted octanol–water partition coefficient (Wildman–Crippen LogP) is 16.7. The van der Waals surface area contributed by atoms with Crippen LogP contribution in [-0.2, 0) is 0 Å². The summed E-state index contributed by atoms with van der Waals surface area (Å²) in [6.07, 6.45) is 0. The molecule has 12 rings (SSSR count). The maximum Gasteiger partial charge on any atom is 0.159 e. The molecule has 0 fully saturated rings. The van der Waals surface area contributed by atoms with Gasteiger partial charge in [0, 0.05) is 49.1 Å². The zero-order valence-electron chi connectivity index (χ0n) is 38.0. The zero-order chi connectivity index (χ0) is 44.4. The molecule has 0 aliphatic heterocycles. The molecule has 0 radical (unpaired) electrons. The average molecular weight is 875 g/mol. The lowest BCUT2D eigenvalue weighted by atomic mass is 9.90. The Morgan fingerprint density at radius 1 is 0.354 bits per heavy atom. The standard InChI is InChI=1S/C59H50N2O2Si2/c1-37-34-38-22-32-48-52(60(40-24-28-42(29-25-40)64(2,3)4)50-18-12-16-46-44-14-8-10-20-54(44)62-58(46)50)36-53(49-33-23-39(35-37)56(38)57(48)49)61(41-26-30-43(31-27-41)65(5,6)7)51-19-13-17-47-45-15-9-11-21-55(45)63-59(47)51/h8-36H,1-7H3. The van der Waals surface area contributed by atoms with E-state index in [0.717, 1.165) is 78.0 Å². The molecule has 6 heteroatoms. The molecule has 0 bridgehead atoms. The van der Waals surface area contributed by atoms with Crippen LogP contribution in [0.25, 0.3) is 76.2 Å². The SMILES string of the molecule is Cc1cc2ccc3c(N(c4ccc([Si](C)(C)C)cc4)c4cccc5c4oc4ccccc45)cc(N(c4ccc([Si](C)(C)C)cc4)c4cccc5c4oc4ccccc45)c4ccc(c1)c2c34. The van der Waals surface area contributed by atoms with Crippen molar-refractivity contribution < 1.29 is 8.83 Å². The van der Waals surface area contributed by atoms with Crippen LogP contribution in [0.3, 0.4) is 0 Å². The van der Waals surface area contributed by atoms with Crippen molar-refractivity contribution in [1.29, 1.82) is 0 Å². The molecule has 0 atom stereocenters. The van der Waals surface area contributed by atoms with Gasteiger partial charge in [0.1, 0.15) is 11.2 Å². The molecule has 0 N–H and O–H groups in total. The van der Waals surface area contributed by atoms with Gasteiger partial charge >= 0.3 is 0 Å². The van der Waals surface area contributed by atoms with Gasteiger partial charge in [-0.3, -0.25) is 0 Å². The average Bonchev–Trinajstić information content (AvgIpc) is 3.88. The van der Waals surface area contributed by atoms with Crippen LogP contribution < -0.4 is 20.2 Å². The van der Waals surface area contributed by atoms with E-state index >= 15 is 0 Å². The van der Waals surface area contributed by atoms with E-state index in [4.69, 9.17) is 8.83 Å². The van der Waals surface area contributed by atoms with E-state index in [1.165, 1.54) is 48.3 Å². The Morgan fingerprint density at radius 3 is 1.20 bits per heavy atom. The Morgan fingerprint density at radius 2 is 0.769 bits per heavy atom. The molecule has 10 aromatic carbocycles. The van der Waals surface area contributed by atoms with Crippen molar-refractivity contribution in [3.63, 3.8) is 0 Å². The summed E-state index contributed by atoms with van der Waals surface area (Å²) in [4.78, 5) is 4.90. The summed E-state index contributed by atoms with van der Waals surface area (Å²) in [5.74, 6) is 0. The third kappa shape index (κ3) is 6.30. The number of fused-ring (bicyclic) bond motifs is 6. The second-order valence-corrected chi connectivity index (χ2v) is 30.0. The van der Waals surface area contributed by atoms with E-state index < -0.39 is 16.1 Å². The van der Waals surface area contributed by atoms with Crippen LogP contribution >= 0.6 is 0 Å². The lowest BCUT2D eigenvalue weighted by molar-refractivity contribution is 0.669. The number of hydrogen-bond donors (Lipinski definition) is 0. The Bertz CT molecular complexity index is 3570. The molecule has 316 valence electrons. The second kappa shape index (κ2) is 14.4. The predicted molar refractivity (Wildman–Crippen MR) is 285 cm³/mol. The van der Waals surface area contributed by atoms with Crippen molar-refractivity contribution in [3.8, 4) is 0 Å². The lowest BCUT2D eigenvalue weighted by Gasteiger charge is -2.32. The minimum absolute atomic E-state index is 0.858. The van der Waals surface area contributed by atoms with Crippen molar-refractivity contribution in [2.75, 3.05) is 9.80 Å². The number of nitrogens with zero attached hydrogens (tertiary/aromatic N) is 2. The quantitative estimate of drug-likeness (QED) is 0.112. The van der Waals surface area contributed by atoms with Crippen molar-refractivity contribution in [3.05, 3.63) is 181 Å². The van der Waals surface area contributed by atoms with Gasteiger partial charge < -0.3 is 18.6 Å². The topological polar surface area (TPSA) is 32.8 Å². The fraction of sp³-hybridized carbons (Fsp3) is 0.119. The summed E-state index contributed by atoms with van der Waals surface area (Å²) in [7, 11) is -3.22. The normalized spacial score (nSPS) is 12.5. The van der Waals surface area contributed by atoms with Gasteiger partial charge in [-0.25, -0.2) is 0 Å². The van der Waals surface area contributed by atoms with Gasteiger partial charge in [-0.1, -0.05) is 171 Å². The van der Waals surface area contributed by atoms with E-state index in [1.807, 2.05) is 0 Å². The van der Waals surface area contributed by atoms with Gasteiger partial charge in [0.15, 0.2) is 11.2 Å². The Kier molecular flexibility index (Phi) is 8.77. The highest BCUT2D eigenvalue weighted by Crippen LogP contribution is 2.52. The van der Waals surface area contributed by atoms with E-state index in [9.17, 15) is 0 Å². The Hall–Kier alpha value is -7.13. The minimum Gasteiger partial charge on any atom is -0.454 e. The number of anilines is 6. The number of hydrogen-bond acceptors (Lipinski definition) is 4. The molecule has 2 heterocycles. The van der Waals surface area contributed by atoms with Crippen LogP contribution in [0.4, 0.5) is 34.1 Å². The fourth-order valence-corrected chi connectivity index (χ4v) is 12.6. The second-order valence-electron chi connectivity index (χ2n) is 19.9. The molecule has 12 aromatic rings. The summed E-state index contributed by atoms with van der Waals surface area (Å²) < 4.78 is 13.8. The molecule has 0 aliphatic rings. The highest BCUT2D eigenvalue weighted by molar-refractivity contribution is 6.89. The Balaban J connectivity index is 1.23. The first-order valence-corrected chi connectivity index (χ1v) is 29.7.